The molecule has 2 saturated carbocycles. The van der Waals surface area contributed by atoms with Gasteiger partial charge in [0, 0.05) is 5.92 Å². The molecule has 3 aliphatic rings. The second kappa shape index (κ2) is 4.35. The molecule has 100 valence electrons. The van der Waals surface area contributed by atoms with Gasteiger partial charge < -0.3 is 14.6 Å². The average molecular weight is 252 g/mol. The first-order chi connectivity index (χ1) is 8.61. The molecule has 6 atom stereocenters. The van der Waals surface area contributed by atoms with Crippen LogP contribution in [-0.2, 0) is 14.3 Å². The second-order valence-electron chi connectivity index (χ2n) is 5.88. The van der Waals surface area contributed by atoms with Crippen LogP contribution in [0.15, 0.2) is 12.2 Å². The molecule has 2 aliphatic carbocycles. The van der Waals surface area contributed by atoms with Crippen LogP contribution in [-0.4, -0.2) is 36.5 Å². The van der Waals surface area contributed by atoms with Crippen LogP contribution in [0.1, 0.15) is 19.8 Å². The molecule has 4 nitrogen and oxygen atoms in total. The number of fused-ring (bicyclic) bond motifs is 5. The van der Waals surface area contributed by atoms with Crippen molar-refractivity contribution in [3.05, 3.63) is 12.2 Å². The molecule has 0 aromatic carbocycles. The van der Waals surface area contributed by atoms with Crippen molar-refractivity contribution < 1.29 is 19.4 Å². The average Bonchev–Trinajstić information content (AvgIpc) is 3.01. The summed E-state index contributed by atoms with van der Waals surface area (Å²) in [6.45, 7) is 6.18. The Morgan fingerprint density at radius 2 is 2.22 bits per heavy atom. The summed E-state index contributed by atoms with van der Waals surface area (Å²) in [5, 5.41) is 8.88. The lowest BCUT2D eigenvalue weighted by Crippen LogP contribution is -2.36. The van der Waals surface area contributed by atoms with Gasteiger partial charge in [-0.15, -0.1) is 0 Å². The molecule has 1 aliphatic heterocycles. The Bertz CT molecular complexity index is 378. The summed E-state index contributed by atoms with van der Waals surface area (Å²) in [6, 6.07) is 0. The molecule has 2 bridgehead atoms. The van der Waals surface area contributed by atoms with E-state index in [4.69, 9.17) is 14.6 Å². The van der Waals surface area contributed by atoms with Crippen LogP contribution >= 0.6 is 0 Å². The molecule has 6 unspecified atom stereocenters. The van der Waals surface area contributed by atoms with E-state index in [0.717, 1.165) is 19.4 Å². The highest BCUT2D eigenvalue weighted by Crippen LogP contribution is 2.57. The van der Waals surface area contributed by atoms with Crippen LogP contribution < -0.4 is 0 Å². The van der Waals surface area contributed by atoms with Gasteiger partial charge in [-0.05, 0) is 37.5 Å². The number of rotatable bonds is 3. The third kappa shape index (κ3) is 1.70. The van der Waals surface area contributed by atoms with Crippen molar-refractivity contribution in [3.8, 4) is 0 Å². The van der Waals surface area contributed by atoms with Crippen molar-refractivity contribution in [3.63, 3.8) is 0 Å². The van der Waals surface area contributed by atoms with Crippen LogP contribution in [0.4, 0.5) is 0 Å². The normalized spacial score (nSPS) is 45.0. The molecule has 0 aromatic heterocycles. The lowest BCUT2D eigenvalue weighted by atomic mass is 9.77. The maximum Gasteiger partial charge on any atom is 0.336 e. The van der Waals surface area contributed by atoms with E-state index in [1.165, 1.54) is 0 Å². The molecular weight excluding hydrogens is 232 g/mol. The molecule has 3 rings (SSSR count). The highest BCUT2D eigenvalue weighted by molar-refractivity contribution is 5.88. The van der Waals surface area contributed by atoms with E-state index in [9.17, 15) is 4.79 Å². The van der Waals surface area contributed by atoms with Gasteiger partial charge in [0.15, 0.2) is 0 Å². The molecule has 0 amide bonds. The van der Waals surface area contributed by atoms with Crippen LogP contribution in [0, 0.1) is 23.7 Å². The minimum atomic E-state index is -0.446. The van der Waals surface area contributed by atoms with Crippen LogP contribution in [0.3, 0.4) is 0 Å². The fourth-order valence-corrected chi connectivity index (χ4v) is 4.20. The largest absolute Gasteiger partial charge is 0.459 e. The van der Waals surface area contributed by atoms with Gasteiger partial charge in [0.25, 0.3) is 0 Å². The maximum atomic E-state index is 11.7. The van der Waals surface area contributed by atoms with Crippen LogP contribution in [0.5, 0.6) is 0 Å². The molecule has 0 radical (unpaired) electrons. The fraction of sp³-hybridized carbons (Fsp3) is 0.786. The monoisotopic (exact) mass is 252 g/mol. The number of hydrogen-bond acceptors (Lipinski definition) is 4. The molecule has 18 heavy (non-hydrogen) atoms. The fourth-order valence-electron chi connectivity index (χ4n) is 4.20. The summed E-state index contributed by atoms with van der Waals surface area (Å²) in [5.41, 5.74) is 0.144. The third-order valence-electron chi connectivity index (χ3n) is 5.01. The first-order valence-corrected chi connectivity index (χ1v) is 6.73. The summed E-state index contributed by atoms with van der Waals surface area (Å²) in [4.78, 5) is 11.7. The second-order valence-corrected chi connectivity index (χ2v) is 5.88. The number of esters is 1. The number of aliphatic hydroxyl groups excluding tert-OH is 1. The summed E-state index contributed by atoms with van der Waals surface area (Å²) in [7, 11) is 0. The molecule has 0 aromatic rings. The zero-order valence-electron chi connectivity index (χ0n) is 10.7. The van der Waals surface area contributed by atoms with Gasteiger partial charge in [0.1, 0.15) is 6.10 Å². The first-order valence-electron chi connectivity index (χ1n) is 6.73. The van der Waals surface area contributed by atoms with Gasteiger partial charge in [-0.1, -0.05) is 6.58 Å². The summed E-state index contributed by atoms with van der Waals surface area (Å²) in [5.74, 6) is 1.85. The van der Waals surface area contributed by atoms with E-state index in [1.807, 2.05) is 0 Å². The Balaban J connectivity index is 1.67. The van der Waals surface area contributed by atoms with E-state index >= 15 is 0 Å². The number of aliphatic hydroxyl groups is 1. The molecule has 1 N–H and O–H groups in total. The predicted octanol–water partition coefficient (Wildman–Crippen LogP) is 1.14. The SMILES string of the molecule is C=C(CO)C(=O)OC1CC2CC1C1C(C)OCC21. The van der Waals surface area contributed by atoms with E-state index in [1.54, 1.807) is 0 Å². The minimum absolute atomic E-state index is 0.00352. The standard InChI is InChI=1S/C14H20O4/c1-7(5-15)14(16)18-12-4-9-3-10(12)13-8(2)17-6-11(9)13/h8-13,15H,1,3-6H2,2H3. The number of carbonyl (C=O) groups is 1. The Labute approximate surface area is 107 Å². The zero-order valence-corrected chi connectivity index (χ0v) is 10.7. The predicted molar refractivity (Wildman–Crippen MR) is 64.7 cm³/mol. The van der Waals surface area contributed by atoms with Crippen molar-refractivity contribution >= 4 is 5.97 Å². The van der Waals surface area contributed by atoms with Crippen molar-refractivity contribution in [2.75, 3.05) is 13.2 Å². The Morgan fingerprint density at radius 1 is 1.44 bits per heavy atom. The van der Waals surface area contributed by atoms with Gasteiger partial charge >= 0.3 is 5.97 Å². The van der Waals surface area contributed by atoms with Gasteiger partial charge in [-0.25, -0.2) is 4.79 Å². The molecule has 1 heterocycles. The van der Waals surface area contributed by atoms with Crippen LogP contribution in [0.25, 0.3) is 0 Å². The Kier molecular flexibility index (Phi) is 2.94. The molecular formula is C14H20O4. The molecule has 1 saturated heterocycles. The zero-order chi connectivity index (χ0) is 12.9. The lowest BCUT2D eigenvalue weighted by Gasteiger charge is -2.31. The molecule has 3 fully saturated rings. The Morgan fingerprint density at radius 3 is 2.94 bits per heavy atom. The summed E-state index contributed by atoms with van der Waals surface area (Å²) in [6.07, 6.45) is 2.39. The van der Waals surface area contributed by atoms with E-state index in [-0.39, 0.29) is 24.4 Å². The van der Waals surface area contributed by atoms with Crippen molar-refractivity contribution in [1.29, 1.82) is 0 Å². The van der Waals surface area contributed by atoms with Gasteiger partial charge in [-0.3, -0.25) is 0 Å². The maximum absolute atomic E-state index is 11.7. The summed E-state index contributed by atoms with van der Waals surface area (Å²) >= 11 is 0. The van der Waals surface area contributed by atoms with Crippen molar-refractivity contribution in [2.24, 2.45) is 23.7 Å². The summed E-state index contributed by atoms with van der Waals surface area (Å²) < 4.78 is 11.2. The lowest BCUT2D eigenvalue weighted by molar-refractivity contribution is -0.149. The van der Waals surface area contributed by atoms with Crippen LogP contribution in [0.2, 0.25) is 0 Å². The van der Waals surface area contributed by atoms with Gasteiger partial charge in [0.2, 0.25) is 0 Å². The third-order valence-corrected chi connectivity index (χ3v) is 5.01. The number of carbonyl (C=O) groups excluding carboxylic acids is 1. The minimum Gasteiger partial charge on any atom is -0.459 e. The highest BCUT2D eigenvalue weighted by Gasteiger charge is 2.58. The smallest absolute Gasteiger partial charge is 0.336 e. The number of hydrogen-bond donors (Lipinski definition) is 1. The molecule has 0 spiro atoms. The highest BCUT2D eigenvalue weighted by atomic mass is 16.5. The van der Waals surface area contributed by atoms with Gasteiger partial charge in [0.05, 0.1) is 24.9 Å². The van der Waals surface area contributed by atoms with Crippen molar-refractivity contribution in [2.45, 2.75) is 32.0 Å². The topological polar surface area (TPSA) is 55.8 Å². The number of ether oxygens (including phenoxy) is 2. The first kappa shape index (κ1) is 12.2. The van der Waals surface area contributed by atoms with E-state index < -0.39 is 5.97 Å². The van der Waals surface area contributed by atoms with Crippen molar-refractivity contribution in [1.82, 2.24) is 0 Å². The quantitative estimate of drug-likeness (QED) is 0.604. The van der Waals surface area contributed by atoms with E-state index in [0.29, 0.717) is 23.7 Å². The molecule has 4 heteroatoms. The Hall–Kier alpha value is -0.870. The van der Waals surface area contributed by atoms with E-state index in [2.05, 4.69) is 13.5 Å². The van der Waals surface area contributed by atoms with Gasteiger partial charge in [-0.2, -0.15) is 0 Å².